The van der Waals surface area contributed by atoms with Crippen LogP contribution in [0.1, 0.15) is 29.8 Å². The SMILES string of the molecule is CC(=O)Nc1ccc(C(=O)C(C)Sc2nnc(-c3ccc(C)cc3)o2)cc1. The first-order valence-electron chi connectivity index (χ1n) is 8.41. The van der Waals surface area contributed by atoms with E-state index in [2.05, 4.69) is 15.5 Å². The van der Waals surface area contributed by atoms with E-state index >= 15 is 0 Å². The lowest BCUT2D eigenvalue weighted by Gasteiger charge is -2.08. The summed E-state index contributed by atoms with van der Waals surface area (Å²) >= 11 is 1.22. The quantitative estimate of drug-likeness (QED) is 0.504. The zero-order chi connectivity index (χ0) is 19.4. The first kappa shape index (κ1) is 18.8. The van der Waals surface area contributed by atoms with Crippen molar-refractivity contribution >= 4 is 29.1 Å². The van der Waals surface area contributed by atoms with E-state index < -0.39 is 0 Å². The standard InChI is InChI=1S/C20H19N3O3S/c1-12-4-6-16(7-5-12)19-22-23-20(26-19)27-13(2)18(25)15-8-10-17(11-9-15)21-14(3)24/h4-11,13H,1-3H3,(H,21,24). The lowest BCUT2D eigenvalue weighted by Crippen LogP contribution is -2.13. The fourth-order valence-corrected chi connectivity index (χ4v) is 3.19. The third-order valence-corrected chi connectivity index (χ3v) is 4.78. The van der Waals surface area contributed by atoms with Crippen LogP contribution in [-0.4, -0.2) is 27.1 Å². The molecule has 0 saturated heterocycles. The van der Waals surface area contributed by atoms with Gasteiger partial charge in [-0.25, -0.2) is 0 Å². The van der Waals surface area contributed by atoms with Gasteiger partial charge in [0.1, 0.15) is 0 Å². The molecule has 6 nitrogen and oxygen atoms in total. The number of hydrogen-bond acceptors (Lipinski definition) is 6. The molecule has 3 aromatic rings. The van der Waals surface area contributed by atoms with Crippen LogP contribution in [0.15, 0.2) is 58.2 Å². The van der Waals surface area contributed by atoms with Gasteiger partial charge in [0.15, 0.2) is 5.78 Å². The zero-order valence-corrected chi connectivity index (χ0v) is 16.0. The van der Waals surface area contributed by atoms with E-state index in [1.807, 2.05) is 31.2 Å². The van der Waals surface area contributed by atoms with Crippen molar-refractivity contribution < 1.29 is 14.0 Å². The Morgan fingerprint density at radius 3 is 2.33 bits per heavy atom. The molecule has 2 aromatic carbocycles. The number of benzene rings is 2. The number of Topliss-reactive ketones (excluding diaryl/α,β-unsaturated/α-hetero) is 1. The van der Waals surface area contributed by atoms with Crippen molar-refractivity contribution in [1.82, 2.24) is 10.2 Å². The highest BCUT2D eigenvalue weighted by Crippen LogP contribution is 2.28. The molecule has 0 spiro atoms. The number of hydrogen-bond donors (Lipinski definition) is 1. The molecular formula is C20H19N3O3S. The predicted octanol–water partition coefficient (Wildman–Crippen LogP) is 4.37. The number of ketones is 1. The zero-order valence-electron chi connectivity index (χ0n) is 15.2. The minimum Gasteiger partial charge on any atom is -0.411 e. The van der Waals surface area contributed by atoms with E-state index in [1.165, 1.54) is 18.7 Å². The van der Waals surface area contributed by atoms with Crippen LogP contribution in [0.3, 0.4) is 0 Å². The van der Waals surface area contributed by atoms with Crippen molar-refractivity contribution in [2.24, 2.45) is 0 Å². The Morgan fingerprint density at radius 2 is 1.70 bits per heavy atom. The lowest BCUT2D eigenvalue weighted by molar-refractivity contribution is -0.114. The molecule has 1 unspecified atom stereocenters. The van der Waals surface area contributed by atoms with Crippen LogP contribution >= 0.6 is 11.8 Å². The maximum atomic E-state index is 12.6. The molecule has 1 heterocycles. The molecule has 0 saturated carbocycles. The molecular weight excluding hydrogens is 362 g/mol. The van der Waals surface area contributed by atoms with E-state index in [9.17, 15) is 9.59 Å². The topological polar surface area (TPSA) is 85.1 Å². The number of aryl methyl sites for hydroxylation is 1. The average molecular weight is 381 g/mol. The van der Waals surface area contributed by atoms with Crippen LogP contribution in [0.4, 0.5) is 5.69 Å². The Morgan fingerprint density at radius 1 is 1.04 bits per heavy atom. The van der Waals surface area contributed by atoms with Gasteiger partial charge in [-0.15, -0.1) is 10.2 Å². The number of nitrogens with zero attached hydrogens (tertiary/aromatic N) is 2. The van der Waals surface area contributed by atoms with Crippen LogP contribution in [-0.2, 0) is 4.79 Å². The highest BCUT2D eigenvalue weighted by Gasteiger charge is 2.20. The molecule has 1 N–H and O–H groups in total. The number of anilines is 1. The minimum absolute atomic E-state index is 0.0514. The summed E-state index contributed by atoms with van der Waals surface area (Å²) < 4.78 is 5.67. The monoisotopic (exact) mass is 381 g/mol. The number of amides is 1. The summed E-state index contributed by atoms with van der Waals surface area (Å²) in [4.78, 5) is 23.7. The van der Waals surface area contributed by atoms with Crippen LogP contribution in [0, 0.1) is 6.92 Å². The second-order valence-corrected chi connectivity index (χ2v) is 7.41. The van der Waals surface area contributed by atoms with Crippen LogP contribution < -0.4 is 5.32 Å². The van der Waals surface area contributed by atoms with Gasteiger partial charge in [-0.05, 0) is 50.2 Å². The van der Waals surface area contributed by atoms with Crippen molar-refractivity contribution in [2.45, 2.75) is 31.2 Å². The first-order valence-corrected chi connectivity index (χ1v) is 9.29. The Hall–Kier alpha value is -2.93. The van der Waals surface area contributed by atoms with Crippen molar-refractivity contribution in [2.75, 3.05) is 5.32 Å². The predicted molar refractivity (Wildman–Crippen MR) is 105 cm³/mol. The van der Waals surface area contributed by atoms with Gasteiger partial charge in [0.25, 0.3) is 5.22 Å². The molecule has 1 aromatic heterocycles. The molecule has 3 rings (SSSR count). The van der Waals surface area contributed by atoms with E-state index in [4.69, 9.17) is 4.42 Å². The van der Waals surface area contributed by atoms with Crippen molar-refractivity contribution in [3.63, 3.8) is 0 Å². The molecule has 138 valence electrons. The molecule has 27 heavy (non-hydrogen) atoms. The van der Waals surface area contributed by atoms with Gasteiger partial charge < -0.3 is 9.73 Å². The highest BCUT2D eigenvalue weighted by atomic mass is 32.2. The largest absolute Gasteiger partial charge is 0.411 e. The highest BCUT2D eigenvalue weighted by molar-refractivity contribution is 8.00. The number of aromatic nitrogens is 2. The number of carbonyl (C=O) groups is 2. The van der Waals surface area contributed by atoms with Crippen molar-refractivity contribution in [1.29, 1.82) is 0 Å². The average Bonchev–Trinajstić information content (AvgIpc) is 3.10. The normalized spacial score (nSPS) is 11.8. The van der Waals surface area contributed by atoms with Gasteiger partial charge in [-0.1, -0.05) is 29.5 Å². The molecule has 1 atom stereocenters. The minimum atomic E-state index is -0.386. The lowest BCUT2D eigenvalue weighted by atomic mass is 10.1. The van der Waals surface area contributed by atoms with E-state index in [1.54, 1.807) is 31.2 Å². The molecule has 0 aliphatic rings. The smallest absolute Gasteiger partial charge is 0.277 e. The van der Waals surface area contributed by atoms with E-state index in [-0.39, 0.29) is 16.9 Å². The molecule has 0 aliphatic heterocycles. The second-order valence-electron chi connectivity index (χ2n) is 6.12. The van der Waals surface area contributed by atoms with E-state index in [0.717, 1.165) is 11.1 Å². The molecule has 7 heteroatoms. The maximum Gasteiger partial charge on any atom is 0.277 e. The maximum absolute atomic E-state index is 12.6. The molecule has 0 fully saturated rings. The third kappa shape index (κ3) is 4.83. The molecule has 1 amide bonds. The van der Waals surface area contributed by atoms with Gasteiger partial charge in [-0.2, -0.15) is 0 Å². The van der Waals surface area contributed by atoms with Crippen molar-refractivity contribution in [3.8, 4) is 11.5 Å². The Balaban J connectivity index is 1.66. The number of nitrogens with one attached hydrogen (secondary N) is 1. The van der Waals surface area contributed by atoms with Crippen molar-refractivity contribution in [3.05, 3.63) is 59.7 Å². The molecule has 0 radical (unpaired) electrons. The number of thioether (sulfide) groups is 1. The summed E-state index contributed by atoms with van der Waals surface area (Å²) in [5.41, 5.74) is 3.20. The number of rotatable bonds is 6. The van der Waals surface area contributed by atoms with Gasteiger partial charge in [-0.3, -0.25) is 9.59 Å². The Kier molecular flexibility index (Phi) is 5.71. The first-order chi connectivity index (χ1) is 12.9. The summed E-state index contributed by atoms with van der Waals surface area (Å²) in [5, 5.41) is 10.7. The second kappa shape index (κ2) is 8.18. The fourth-order valence-electron chi connectivity index (χ4n) is 2.43. The van der Waals surface area contributed by atoms with E-state index in [0.29, 0.717) is 22.4 Å². The van der Waals surface area contributed by atoms with Gasteiger partial charge in [0.05, 0.1) is 5.25 Å². The summed E-state index contributed by atoms with van der Waals surface area (Å²) in [6.45, 7) is 5.24. The van der Waals surface area contributed by atoms with Gasteiger partial charge >= 0.3 is 0 Å². The van der Waals surface area contributed by atoms with Crippen LogP contribution in [0.5, 0.6) is 0 Å². The third-order valence-electron chi connectivity index (χ3n) is 3.84. The summed E-state index contributed by atoms with van der Waals surface area (Å²) in [5.74, 6) is 0.222. The van der Waals surface area contributed by atoms with Gasteiger partial charge in [0, 0.05) is 23.7 Å². The summed E-state index contributed by atoms with van der Waals surface area (Å²) in [6.07, 6.45) is 0. The molecule has 0 bridgehead atoms. The van der Waals surface area contributed by atoms with Gasteiger partial charge in [0.2, 0.25) is 11.8 Å². The fraction of sp³-hybridized carbons (Fsp3) is 0.200. The van der Waals surface area contributed by atoms with Crippen LogP contribution in [0.2, 0.25) is 0 Å². The Bertz CT molecular complexity index is 949. The molecule has 0 aliphatic carbocycles. The number of carbonyl (C=O) groups excluding carboxylic acids is 2. The Labute approximate surface area is 161 Å². The summed E-state index contributed by atoms with van der Waals surface area (Å²) in [7, 11) is 0. The van der Waals surface area contributed by atoms with Crippen LogP contribution in [0.25, 0.3) is 11.5 Å². The summed E-state index contributed by atoms with van der Waals surface area (Å²) in [6, 6.07) is 14.6.